The number of hydrogen-bond donors (Lipinski definition) is 6. The summed E-state index contributed by atoms with van der Waals surface area (Å²) in [6.45, 7) is 3.43. The van der Waals surface area contributed by atoms with Gasteiger partial charge in [0.05, 0.1) is 25.4 Å². The number of rotatable bonds is 51. The summed E-state index contributed by atoms with van der Waals surface area (Å²) in [5, 5.41) is 45.0. The van der Waals surface area contributed by atoms with Gasteiger partial charge in [-0.15, -0.1) is 0 Å². The minimum Gasteiger partial charge on any atom is -0.394 e. The molecule has 12 nitrogen and oxygen atoms in total. The van der Waals surface area contributed by atoms with Crippen LogP contribution in [0.15, 0.2) is 24.3 Å². The van der Waals surface area contributed by atoms with Gasteiger partial charge >= 0.3 is 10.4 Å². The molecule has 0 radical (unpaired) electrons. The van der Waals surface area contributed by atoms with E-state index in [2.05, 4.69) is 35.5 Å². The van der Waals surface area contributed by atoms with E-state index < -0.39 is 59.9 Å². The van der Waals surface area contributed by atoms with Gasteiger partial charge in [0, 0.05) is 6.42 Å². The zero-order chi connectivity index (χ0) is 51.2. The third-order valence-electron chi connectivity index (χ3n) is 14.0. The molecular formula is C57H109NO11S. The number of aliphatic hydroxyl groups excluding tert-OH is 4. The second-order valence-electron chi connectivity index (χ2n) is 20.6. The highest BCUT2D eigenvalue weighted by atomic mass is 32.3. The maximum Gasteiger partial charge on any atom is 0.397 e. The van der Waals surface area contributed by atoms with Gasteiger partial charge in [0.15, 0.2) is 6.29 Å². The summed E-state index contributed by atoms with van der Waals surface area (Å²) < 4.78 is 47.9. The first-order valence-corrected chi connectivity index (χ1v) is 30.6. The summed E-state index contributed by atoms with van der Waals surface area (Å²) in [6, 6.07) is -0.946. The van der Waals surface area contributed by atoms with E-state index in [0.717, 1.165) is 44.9 Å². The first-order chi connectivity index (χ1) is 34.0. The molecule has 70 heavy (non-hydrogen) atoms. The lowest BCUT2D eigenvalue weighted by atomic mass is 9.99. The molecule has 7 unspecified atom stereocenters. The summed E-state index contributed by atoms with van der Waals surface area (Å²) in [7, 11) is -5.09. The Bertz CT molecular complexity index is 1330. The molecule has 0 bridgehead atoms. The fraction of sp³-hybridized carbons (Fsp3) is 0.912. The van der Waals surface area contributed by atoms with Crippen LogP contribution in [0, 0.1) is 0 Å². The third kappa shape index (κ3) is 39.1. The molecule has 0 spiro atoms. The summed E-state index contributed by atoms with van der Waals surface area (Å²) in [5.74, 6) is -0.263. The Balaban J connectivity index is 2.38. The van der Waals surface area contributed by atoms with E-state index in [-0.39, 0.29) is 18.9 Å². The Morgan fingerprint density at radius 1 is 0.557 bits per heavy atom. The first-order valence-electron chi connectivity index (χ1n) is 29.2. The Morgan fingerprint density at radius 3 is 1.29 bits per heavy atom. The number of ether oxygens (including phenoxy) is 2. The highest BCUT2D eigenvalue weighted by Gasteiger charge is 2.48. The SMILES string of the molecule is CCCCCCCCCCCC/C=C\CCCCCCCCCC(=O)NC(COC1OC(CO)C(O)C(OS(=O)(=O)O)C1O)C(O)/C=C/CCCCCCCCCCCCCCCCCCCCCC. The molecule has 414 valence electrons. The second-order valence-corrected chi connectivity index (χ2v) is 21.6. The van der Waals surface area contributed by atoms with Crippen LogP contribution >= 0.6 is 0 Å². The van der Waals surface area contributed by atoms with Gasteiger partial charge in [0.1, 0.15) is 24.4 Å². The molecule has 1 aliphatic rings. The number of unbranched alkanes of at least 4 members (excludes halogenated alkanes) is 37. The van der Waals surface area contributed by atoms with E-state index in [1.165, 1.54) is 205 Å². The molecule has 6 N–H and O–H groups in total. The lowest BCUT2D eigenvalue weighted by Crippen LogP contribution is -2.61. The number of aliphatic hydroxyl groups is 4. The van der Waals surface area contributed by atoms with Crippen molar-refractivity contribution in [2.75, 3.05) is 13.2 Å². The molecule has 1 fully saturated rings. The van der Waals surface area contributed by atoms with Crippen molar-refractivity contribution in [2.24, 2.45) is 0 Å². The van der Waals surface area contributed by atoms with E-state index in [9.17, 15) is 38.2 Å². The second kappa shape index (κ2) is 47.3. The predicted molar refractivity (Wildman–Crippen MR) is 287 cm³/mol. The summed E-state index contributed by atoms with van der Waals surface area (Å²) in [4.78, 5) is 13.1. The minimum atomic E-state index is -5.09. The molecule has 0 aromatic heterocycles. The highest BCUT2D eigenvalue weighted by molar-refractivity contribution is 7.80. The van der Waals surface area contributed by atoms with Gasteiger partial charge in [-0.3, -0.25) is 9.35 Å². The molecule has 1 rings (SSSR count). The molecule has 0 saturated carbocycles. The number of amides is 1. The fourth-order valence-corrected chi connectivity index (χ4v) is 9.96. The van der Waals surface area contributed by atoms with Crippen LogP contribution in [0.5, 0.6) is 0 Å². The lowest BCUT2D eigenvalue weighted by molar-refractivity contribution is -0.298. The van der Waals surface area contributed by atoms with Gasteiger partial charge in [-0.25, -0.2) is 4.18 Å². The lowest BCUT2D eigenvalue weighted by Gasteiger charge is -2.41. The fourth-order valence-electron chi connectivity index (χ4n) is 9.45. The molecule has 7 atom stereocenters. The normalized spacial score (nSPS) is 19.7. The van der Waals surface area contributed by atoms with E-state index >= 15 is 0 Å². The van der Waals surface area contributed by atoms with Crippen molar-refractivity contribution in [1.82, 2.24) is 5.32 Å². The Labute approximate surface area is 429 Å². The minimum absolute atomic E-state index is 0.263. The van der Waals surface area contributed by atoms with Gasteiger partial charge in [-0.2, -0.15) is 8.42 Å². The number of carbonyl (C=O) groups excluding carboxylic acids is 1. The van der Waals surface area contributed by atoms with E-state index in [4.69, 9.17) is 9.47 Å². The standard InChI is InChI=1S/C57H109NO11S/c1-3-5-7-9-11-13-15-17-19-21-23-25-27-28-30-32-34-36-38-40-42-44-46-51(60)50(49-67-57-55(63)56(69-70(64,65)66)54(62)52(48-59)68-57)58-53(61)47-45-43-41-39-37-35-33-31-29-26-24-22-20-18-16-14-12-10-8-6-4-2/h26,29,44,46,50-52,54-57,59-60,62-63H,3-25,27-28,30-43,45,47-49H2,1-2H3,(H,58,61)(H,64,65,66)/b29-26-,46-44+. The third-order valence-corrected chi connectivity index (χ3v) is 14.4. The van der Waals surface area contributed by atoms with Crippen molar-refractivity contribution < 1.29 is 51.8 Å². The highest BCUT2D eigenvalue weighted by Crippen LogP contribution is 2.26. The van der Waals surface area contributed by atoms with E-state index in [1.54, 1.807) is 6.08 Å². The Kier molecular flexibility index (Phi) is 45.0. The summed E-state index contributed by atoms with van der Waals surface area (Å²) in [6.07, 6.45) is 49.3. The maximum absolute atomic E-state index is 13.1. The Hall–Kier alpha value is -1.42. The average Bonchev–Trinajstić information content (AvgIpc) is 3.33. The van der Waals surface area contributed by atoms with Gasteiger partial charge in [-0.05, 0) is 44.9 Å². The van der Waals surface area contributed by atoms with Crippen molar-refractivity contribution in [3.8, 4) is 0 Å². The van der Waals surface area contributed by atoms with Crippen LogP contribution in [0.2, 0.25) is 0 Å². The van der Waals surface area contributed by atoms with Crippen LogP contribution < -0.4 is 5.32 Å². The summed E-state index contributed by atoms with van der Waals surface area (Å²) in [5.41, 5.74) is 0. The van der Waals surface area contributed by atoms with Crippen LogP contribution in [0.1, 0.15) is 277 Å². The molecule has 1 aliphatic heterocycles. The molecule has 0 aromatic rings. The maximum atomic E-state index is 13.1. The quantitative estimate of drug-likeness (QED) is 0.0193. The number of nitrogens with one attached hydrogen (secondary N) is 1. The topological polar surface area (TPSA) is 192 Å². The van der Waals surface area contributed by atoms with Gasteiger partial charge in [-0.1, -0.05) is 250 Å². The van der Waals surface area contributed by atoms with Crippen LogP contribution in [0.4, 0.5) is 0 Å². The van der Waals surface area contributed by atoms with E-state index in [0.29, 0.717) is 6.42 Å². The van der Waals surface area contributed by atoms with Crippen molar-refractivity contribution in [3.05, 3.63) is 24.3 Å². The van der Waals surface area contributed by atoms with Gasteiger partial charge in [0.2, 0.25) is 5.91 Å². The zero-order valence-electron chi connectivity index (χ0n) is 44.9. The molecular weight excluding hydrogens is 907 g/mol. The largest absolute Gasteiger partial charge is 0.397 e. The number of allylic oxidation sites excluding steroid dienone is 3. The smallest absolute Gasteiger partial charge is 0.394 e. The van der Waals surface area contributed by atoms with Crippen LogP contribution in [-0.4, -0.2) is 95.4 Å². The summed E-state index contributed by atoms with van der Waals surface area (Å²) >= 11 is 0. The van der Waals surface area contributed by atoms with Crippen LogP contribution in [-0.2, 0) is 28.9 Å². The predicted octanol–water partition coefficient (Wildman–Crippen LogP) is 13.6. The van der Waals surface area contributed by atoms with Crippen molar-refractivity contribution in [3.63, 3.8) is 0 Å². The molecule has 0 aliphatic carbocycles. The number of hydrogen-bond acceptors (Lipinski definition) is 10. The van der Waals surface area contributed by atoms with Crippen LogP contribution in [0.3, 0.4) is 0 Å². The van der Waals surface area contributed by atoms with Crippen molar-refractivity contribution in [1.29, 1.82) is 0 Å². The van der Waals surface area contributed by atoms with Crippen molar-refractivity contribution >= 4 is 16.3 Å². The Morgan fingerprint density at radius 2 is 0.914 bits per heavy atom. The molecule has 1 heterocycles. The van der Waals surface area contributed by atoms with E-state index in [1.807, 2.05) is 6.08 Å². The molecule has 0 aromatic carbocycles. The number of carbonyl (C=O) groups is 1. The molecule has 1 saturated heterocycles. The van der Waals surface area contributed by atoms with Gasteiger partial charge in [0.25, 0.3) is 0 Å². The van der Waals surface area contributed by atoms with Crippen LogP contribution in [0.25, 0.3) is 0 Å². The monoisotopic (exact) mass is 1020 g/mol. The van der Waals surface area contributed by atoms with Crippen molar-refractivity contribution in [2.45, 2.75) is 320 Å². The zero-order valence-corrected chi connectivity index (χ0v) is 45.7. The molecule has 1 amide bonds. The van der Waals surface area contributed by atoms with Gasteiger partial charge < -0.3 is 35.2 Å². The first kappa shape index (κ1) is 66.6. The average molecular weight is 1020 g/mol. The molecule has 13 heteroatoms.